The molecule has 0 saturated heterocycles. The molecule has 8 heteroatoms. The van der Waals surface area contributed by atoms with Crippen LogP contribution in [0, 0.1) is 21.3 Å². The first-order valence-electron chi connectivity index (χ1n) is 16.0. The normalized spacial score (nSPS) is 13.4. The molecule has 0 radical (unpaired) electrons. The van der Waals surface area contributed by atoms with Crippen LogP contribution in [0.3, 0.4) is 0 Å². The first-order valence-corrected chi connectivity index (χ1v) is 17.0. The van der Waals surface area contributed by atoms with Crippen molar-refractivity contribution in [3.63, 3.8) is 0 Å². The molecule has 0 fully saturated rings. The van der Waals surface area contributed by atoms with Crippen molar-refractivity contribution < 1.29 is 28.6 Å². The molecule has 3 atom stereocenters. The fourth-order valence-corrected chi connectivity index (χ4v) is 5.67. The summed E-state index contributed by atoms with van der Waals surface area (Å²) in [5.41, 5.74) is 2.41. The Hall–Kier alpha value is -3.40. The number of esters is 2. The van der Waals surface area contributed by atoms with E-state index in [-0.39, 0.29) is 18.2 Å². The first-order chi connectivity index (χ1) is 21.8. The number of halogens is 1. The SMILES string of the molecule is COC(=O)[C@H](Cc1ccc(I)cc1)NC(=O)[C@H](CC(C)C)[C@H](CCCc1ccc(OCc2ccccc2)cc1)C(=O)OC(C)(C)C. The number of benzene rings is 3. The summed E-state index contributed by atoms with van der Waals surface area (Å²) in [7, 11) is 1.31. The zero-order valence-corrected chi connectivity index (χ0v) is 30.0. The quantitative estimate of drug-likeness (QED) is 0.120. The molecule has 1 amide bonds. The lowest BCUT2D eigenvalue weighted by Crippen LogP contribution is -2.48. The second-order valence-corrected chi connectivity index (χ2v) is 14.3. The molecule has 0 aliphatic carbocycles. The molecule has 0 saturated carbocycles. The number of hydrogen-bond donors (Lipinski definition) is 1. The van der Waals surface area contributed by atoms with E-state index in [0.29, 0.717) is 25.9 Å². The third-order valence-corrected chi connectivity index (χ3v) is 8.28. The minimum Gasteiger partial charge on any atom is -0.489 e. The molecule has 0 spiro atoms. The maximum Gasteiger partial charge on any atom is 0.328 e. The molecule has 0 aliphatic rings. The number of amides is 1. The molecule has 0 aliphatic heterocycles. The molecule has 3 rings (SSSR count). The predicted octanol–water partition coefficient (Wildman–Crippen LogP) is 7.71. The van der Waals surface area contributed by atoms with Crippen LogP contribution in [0.5, 0.6) is 5.75 Å². The molecule has 3 aromatic rings. The van der Waals surface area contributed by atoms with Crippen LogP contribution in [-0.4, -0.2) is 36.6 Å². The zero-order valence-electron chi connectivity index (χ0n) is 27.9. The Balaban J connectivity index is 1.74. The van der Waals surface area contributed by atoms with Gasteiger partial charge in [0.1, 0.15) is 24.0 Å². The van der Waals surface area contributed by atoms with Gasteiger partial charge in [-0.25, -0.2) is 4.79 Å². The molecule has 248 valence electrons. The highest BCUT2D eigenvalue weighted by molar-refractivity contribution is 14.1. The van der Waals surface area contributed by atoms with Gasteiger partial charge < -0.3 is 19.5 Å². The summed E-state index contributed by atoms with van der Waals surface area (Å²) < 4.78 is 17.9. The highest BCUT2D eigenvalue weighted by Crippen LogP contribution is 2.29. The number of methoxy groups -OCH3 is 1. The van der Waals surface area contributed by atoms with Crippen LogP contribution in [0.1, 0.15) is 70.6 Å². The molecule has 0 aromatic heterocycles. The van der Waals surface area contributed by atoms with Crippen molar-refractivity contribution in [2.45, 2.75) is 85.0 Å². The number of nitrogens with one attached hydrogen (secondary N) is 1. The van der Waals surface area contributed by atoms with Gasteiger partial charge in [0, 0.05) is 9.99 Å². The van der Waals surface area contributed by atoms with E-state index in [2.05, 4.69) is 27.9 Å². The van der Waals surface area contributed by atoms with E-state index in [1.807, 2.05) is 113 Å². The topological polar surface area (TPSA) is 90.9 Å². The number of rotatable bonds is 16. The van der Waals surface area contributed by atoms with Gasteiger partial charge in [-0.05, 0) is 116 Å². The van der Waals surface area contributed by atoms with Crippen LogP contribution in [0.2, 0.25) is 0 Å². The van der Waals surface area contributed by atoms with E-state index < -0.39 is 35.4 Å². The fourth-order valence-electron chi connectivity index (χ4n) is 5.31. The molecular formula is C38H48INO6. The van der Waals surface area contributed by atoms with Gasteiger partial charge in [0.2, 0.25) is 5.91 Å². The average molecular weight is 742 g/mol. The van der Waals surface area contributed by atoms with Crippen molar-refractivity contribution in [2.24, 2.45) is 17.8 Å². The van der Waals surface area contributed by atoms with Crippen LogP contribution in [-0.2, 0) is 43.3 Å². The zero-order chi connectivity index (χ0) is 33.7. The van der Waals surface area contributed by atoms with Crippen LogP contribution >= 0.6 is 22.6 Å². The van der Waals surface area contributed by atoms with Crippen molar-refractivity contribution in [3.8, 4) is 5.75 Å². The predicted molar refractivity (Wildman–Crippen MR) is 189 cm³/mol. The smallest absolute Gasteiger partial charge is 0.328 e. The third-order valence-electron chi connectivity index (χ3n) is 7.56. The second-order valence-electron chi connectivity index (χ2n) is 13.1. The van der Waals surface area contributed by atoms with E-state index >= 15 is 0 Å². The van der Waals surface area contributed by atoms with Crippen LogP contribution < -0.4 is 10.1 Å². The van der Waals surface area contributed by atoms with Gasteiger partial charge in [-0.3, -0.25) is 9.59 Å². The number of ether oxygens (including phenoxy) is 3. The summed E-state index contributed by atoms with van der Waals surface area (Å²) in [6, 6.07) is 24.9. The lowest BCUT2D eigenvalue weighted by molar-refractivity contribution is -0.164. The highest BCUT2D eigenvalue weighted by Gasteiger charge is 2.38. The Bertz CT molecular complexity index is 1380. The summed E-state index contributed by atoms with van der Waals surface area (Å²) in [6.07, 6.45) is 2.63. The summed E-state index contributed by atoms with van der Waals surface area (Å²) >= 11 is 2.22. The highest BCUT2D eigenvalue weighted by atomic mass is 127. The van der Waals surface area contributed by atoms with Crippen LogP contribution in [0.25, 0.3) is 0 Å². The lowest BCUT2D eigenvalue weighted by Gasteiger charge is -2.30. The molecule has 1 N–H and O–H groups in total. The number of carbonyl (C=O) groups is 3. The Morgan fingerprint density at radius 2 is 1.43 bits per heavy atom. The number of carbonyl (C=O) groups excluding carboxylic acids is 3. The maximum absolute atomic E-state index is 14.0. The van der Waals surface area contributed by atoms with Crippen LogP contribution in [0.4, 0.5) is 0 Å². The Morgan fingerprint density at radius 1 is 0.804 bits per heavy atom. The van der Waals surface area contributed by atoms with E-state index in [9.17, 15) is 14.4 Å². The van der Waals surface area contributed by atoms with Crippen molar-refractivity contribution in [2.75, 3.05) is 7.11 Å². The van der Waals surface area contributed by atoms with Gasteiger partial charge in [-0.15, -0.1) is 0 Å². The van der Waals surface area contributed by atoms with E-state index in [1.54, 1.807) is 0 Å². The Kier molecular flexibility index (Phi) is 14.6. The van der Waals surface area contributed by atoms with Crippen LogP contribution in [0.15, 0.2) is 78.9 Å². The summed E-state index contributed by atoms with van der Waals surface area (Å²) in [5.74, 6) is -1.69. The summed E-state index contributed by atoms with van der Waals surface area (Å²) in [4.78, 5) is 40.4. The van der Waals surface area contributed by atoms with Gasteiger partial charge >= 0.3 is 11.9 Å². The lowest BCUT2D eigenvalue weighted by atomic mass is 9.81. The van der Waals surface area contributed by atoms with Gasteiger partial charge in [0.15, 0.2) is 0 Å². The molecule has 0 heterocycles. The van der Waals surface area contributed by atoms with Crippen molar-refractivity contribution in [1.29, 1.82) is 0 Å². The first kappa shape index (κ1) is 37.1. The largest absolute Gasteiger partial charge is 0.489 e. The maximum atomic E-state index is 14.0. The van der Waals surface area contributed by atoms with Gasteiger partial charge in [-0.1, -0.05) is 68.4 Å². The Labute approximate surface area is 287 Å². The molecule has 7 nitrogen and oxygen atoms in total. The molecular weight excluding hydrogens is 693 g/mol. The van der Waals surface area contributed by atoms with Gasteiger partial charge in [-0.2, -0.15) is 0 Å². The standard InChI is InChI=1S/C38H48INO6/c1-26(2)23-33(35(41)40-34(37(43)44-6)24-28-15-19-30(39)20-16-28)32(36(42)46-38(3,4)5)14-10-13-27-17-21-31(22-18-27)45-25-29-11-8-7-9-12-29/h7-9,11-12,15-22,26,32-34H,10,13-14,23-25H2,1-6H3,(H,40,41)/t32-,33+,34-/m0/s1. The Morgan fingerprint density at radius 3 is 2.02 bits per heavy atom. The van der Waals surface area contributed by atoms with Gasteiger partial charge in [0.25, 0.3) is 0 Å². The number of hydrogen-bond acceptors (Lipinski definition) is 6. The van der Waals surface area contributed by atoms with E-state index in [1.165, 1.54) is 7.11 Å². The monoisotopic (exact) mass is 741 g/mol. The molecule has 46 heavy (non-hydrogen) atoms. The summed E-state index contributed by atoms with van der Waals surface area (Å²) in [5, 5.41) is 2.94. The third kappa shape index (κ3) is 12.8. The van der Waals surface area contributed by atoms with Crippen molar-refractivity contribution >= 4 is 40.4 Å². The minimum atomic E-state index is -0.880. The summed E-state index contributed by atoms with van der Waals surface area (Å²) in [6.45, 7) is 10.0. The molecule has 3 aromatic carbocycles. The molecule has 0 unspecified atom stereocenters. The van der Waals surface area contributed by atoms with Gasteiger partial charge in [0.05, 0.1) is 18.9 Å². The van der Waals surface area contributed by atoms with Crippen molar-refractivity contribution in [3.05, 3.63) is 99.1 Å². The number of aryl methyl sites for hydroxylation is 1. The fraction of sp³-hybridized carbons (Fsp3) is 0.447. The van der Waals surface area contributed by atoms with Crippen molar-refractivity contribution in [1.82, 2.24) is 5.32 Å². The van der Waals surface area contributed by atoms with E-state index in [0.717, 1.165) is 32.4 Å². The average Bonchev–Trinajstić information content (AvgIpc) is 3.01. The minimum absolute atomic E-state index is 0.136. The molecule has 0 bridgehead atoms. The second kappa shape index (κ2) is 18.1. The van der Waals surface area contributed by atoms with E-state index in [4.69, 9.17) is 14.2 Å².